The summed E-state index contributed by atoms with van der Waals surface area (Å²) >= 11 is 5.88. The average molecular weight is 289 g/mol. The molecule has 0 aliphatic carbocycles. The number of ether oxygens (including phenoxy) is 2. The molecule has 1 aliphatic heterocycles. The van der Waals surface area contributed by atoms with Crippen molar-refractivity contribution in [1.82, 2.24) is 0 Å². The van der Waals surface area contributed by atoms with E-state index in [2.05, 4.69) is 0 Å². The van der Waals surface area contributed by atoms with Crippen LogP contribution in [0, 0.1) is 0 Å². The van der Waals surface area contributed by atoms with Crippen LogP contribution in [0.2, 0.25) is 5.02 Å². The van der Waals surface area contributed by atoms with E-state index in [1.807, 2.05) is 0 Å². The predicted octanol–water partition coefficient (Wildman–Crippen LogP) is 2.95. The van der Waals surface area contributed by atoms with Crippen LogP contribution in [0.3, 0.4) is 0 Å². The molecule has 0 fully saturated rings. The lowest BCUT2D eigenvalue weighted by atomic mass is 10.0. The molecule has 0 N–H and O–H groups in total. The number of rotatable bonds is 2. The third kappa shape index (κ3) is 2.26. The first-order chi connectivity index (χ1) is 9.65. The third-order valence-corrected chi connectivity index (χ3v) is 3.16. The van der Waals surface area contributed by atoms with E-state index < -0.39 is 17.9 Å². The largest absolute Gasteiger partial charge is 0.426 e. The minimum absolute atomic E-state index is 0.342. The normalized spacial score (nSPS) is 16.4. The van der Waals surface area contributed by atoms with E-state index in [-0.39, 0.29) is 0 Å². The van der Waals surface area contributed by atoms with Crippen LogP contribution in [0.5, 0.6) is 11.5 Å². The number of carbonyl (C=O) groups is 2. The Hall–Kier alpha value is -2.33. The van der Waals surface area contributed by atoms with E-state index in [0.29, 0.717) is 22.1 Å². The molecular weight excluding hydrogens is 280 g/mol. The number of hydrogen-bond acceptors (Lipinski definition) is 4. The van der Waals surface area contributed by atoms with Crippen molar-refractivity contribution in [3.8, 4) is 11.5 Å². The fraction of sp³-hybridized carbons (Fsp3) is 0.0667. The third-order valence-electron chi connectivity index (χ3n) is 2.93. The van der Waals surface area contributed by atoms with Crippen molar-refractivity contribution in [2.75, 3.05) is 0 Å². The van der Waals surface area contributed by atoms with E-state index in [1.165, 1.54) is 0 Å². The first kappa shape index (κ1) is 12.7. The molecule has 20 heavy (non-hydrogen) atoms. The molecule has 0 radical (unpaired) electrons. The second kappa shape index (κ2) is 4.98. The molecular formula is C15H9ClO4. The van der Waals surface area contributed by atoms with Crippen LogP contribution >= 0.6 is 11.6 Å². The van der Waals surface area contributed by atoms with Crippen LogP contribution in [-0.4, -0.2) is 11.9 Å². The van der Waals surface area contributed by atoms with Gasteiger partial charge in [0.25, 0.3) is 0 Å². The zero-order chi connectivity index (χ0) is 14.1. The Morgan fingerprint density at radius 3 is 2.65 bits per heavy atom. The highest BCUT2D eigenvalue weighted by Crippen LogP contribution is 2.37. The van der Waals surface area contributed by atoms with Gasteiger partial charge in [-0.15, -0.1) is 0 Å². The van der Waals surface area contributed by atoms with Crippen LogP contribution in [0.15, 0.2) is 48.5 Å². The molecule has 2 aromatic carbocycles. The van der Waals surface area contributed by atoms with E-state index in [0.717, 1.165) is 0 Å². The van der Waals surface area contributed by atoms with E-state index in [4.69, 9.17) is 21.1 Å². The molecule has 0 spiro atoms. The molecule has 100 valence electrons. The maximum atomic E-state index is 12.1. The zero-order valence-corrected chi connectivity index (χ0v) is 11.0. The molecule has 1 heterocycles. The molecule has 0 bridgehead atoms. The van der Waals surface area contributed by atoms with Gasteiger partial charge in [0.05, 0.1) is 0 Å². The summed E-state index contributed by atoms with van der Waals surface area (Å²) in [6.45, 7) is 0. The number of para-hydroxylation sites is 1. The van der Waals surface area contributed by atoms with E-state index in [1.54, 1.807) is 48.5 Å². The van der Waals surface area contributed by atoms with Crippen molar-refractivity contribution in [3.05, 3.63) is 59.1 Å². The Morgan fingerprint density at radius 2 is 1.90 bits per heavy atom. The summed E-state index contributed by atoms with van der Waals surface area (Å²) in [4.78, 5) is 23.9. The summed E-state index contributed by atoms with van der Waals surface area (Å²) in [6.07, 6.45) is 0. The number of carbonyl (C=O) groups excluding carboxylic acids is 2. The molecule has 1 unspecified atom stereocenters. The maximum absolute atomic E-state index is 12.1. The number of hydrogen-bond donors (Lipinski definition) is 0. The summed E-state index contributed by atoms with van der Waals surface area (Å²) in [6, 6.07) is 13.2. The monoisotopic (exact) mass is 288 g/mol. The quantitative estimate of drug-likeness (QED) is 0.484. The van der Waals surface area contributed by atoms with Crippen molar-refractivity contribution < 1.29 is 19.1 Å². The second-order valence-corrected chi connectivity index (χ2v) is 4.71. The van der Waals surface area contributed by atoms with Gasteiger partial charge in [0, 0.05) is 10.6 Å². The van der Waals surface area contributed by atoms with Gasteiger partial charge >= 0.3 is 11.9 Å². The standard InChI is InChI=1S/C15H9ClO4/c16-9-6-7-12-11(8-9)13(15(18)20-12)14(17)19-10-4-2-1-3-5-10/h1-8,13H. The van der Waals surface area contributed by atoms with E-state index in [9.17, 15) is 9.59 Å². The molecule has 5 heteroatoms. The summed E-state index contributed by atoms with van der Waals surface area (Å²) in [5.41, 5.74) is 0.434. The number of fused-ring (bicyclic) bond motifs is 1. The van der Waals surface area contributed by atoms with Crippen molar-refractivity contribution in [2.45, 2.75) is 5.92 Å². The minimum atomic E-state index is -1.09. The minimum Gasteiger partial charge on any atom is -0.426 e. The van der Waals surface area contributed by atoms with Gasteiger partial charge in [0.2, 0.25) is 0 Å². The van der Waals surface area contributed by atoms with Crippen molar-refractivity contribution in [3.63, 3.8) is 0 Å². The first-order valence-electron chi connectivity index (χ1n) is 5.93. The Morgan fingerprint density at radius 1 is 1.15 bits per heavy atom. The second-order valence-electron chi connectivity index (χ2n) is 4.27. The fourth-order valence-electron chi connectivity index (χ4n) is 2.02. The Kier molecular flexibility index (Phi) is 3.16. The number of esters is 2. The van der Waals surface area contributed by atoms with Gasteiger partial charge < -0.3 is 9.47 Å². The Labute approximate surface area is 119 Å². The zero-order valence-electron chi connectivity index (χ0n) is 10.2. The lowest BCUT2D eigenvalue weighted by molar-refractivity contribution is -0.145. The molecule has 3 rings (SSSR count). The van der Waals surface area contributed by atoms with Crippen LogP contribution in [0.4, 0.5) is 0 Å². The maximum Gasteiger partial charge on any atom is 0.330 e. The fourth-order valence-corrected chi connectivity index (χ4v) is 2.20. The Balaban J connectivity index is 1.89. The van der Waals surface area contributed by atoms with Crippen molar-refractivity contribution >= 4 is 23.5 Å². The Bertz CT molecular complexity index is 682. The van der Waals surface area contributed by atoms with E-state index >= 15 is 0 Å². The van der Waals surface area contributed by atoms with Crippen molar-refractivity contribution in [1.29, 1.82) is 0 Å². The summed E-state index contributed by atoms with van der Waals surface area (Å²) < 4.78 is 10.2. The van der Waals surface area contributed by atoms with Gasteiger partial charge in [-0.1, -0.05) is 29.8 Å². The van der Waals surface area contributed by atoms with Gasteiger partial charge in [-0.05, 0) is 30.3 Å². The van der Waals surface area contributed by atoms with Crippen LogP contribution in [0.25, 0.3) is 0 Å². The SMILES string of the molecule is O=C(Oc1ccccc1)C1C(=O)Oc2ccc(Cl)cc21. The summed E-state index contributed by atoms with van der Waals surface area (Å²) in [5.74, 6) is -1.70. The van der Waals surface area contributed by atoms with Crippen LogP contribution in [0.1, 0.15) is 11.5 Å². The molecule has 0 amide bonds. The van der Waals surface area contributed by atoms with Gasteiger partial charge in [-0.2, -0.15) is 0 Å². The summed E-state index contributed by atoms with van der Waals surface area (Å²) in [7, 11) is 0. The molecule has 0 aromatic heterocycles. The highest BCUT2D eigenvalue weighted by atomic mass is 35.5. The average Bonchev–Trinajstić information content (AvgIpc) is 2.75. The smallest absolute Gasteiger partial charge is 0.330 e. The molecule has 1 aliphatic rings. The van der Waals surface area contributed by atoms with Crippen molar-refractivity contribution in [2.24, 2.45) is 0 Å². The van der Waals surface area contributed by atoms with Gasteiger partial charge in [0.15, 0.2) is 5.92 Å². The summed E-state index contributed by atoms with van der Waals surface area (Å²) in [5, 5.41) is 0.430. The lowest BCUT2D eigenvalue weighted by Crippen LogP contribution is -2.24. The van der Waals surface area contributed by atoms with Gasteiger partial charge in [0.1, 0.15) is 11.5 Å². The van der Waals surface area contributed by atoms with Crippen LogP contribution < -0.4 is 9.47 Å². The van der Waals surface area contributed by atoms with Gasteiger partial charge in [-0.3, -0.25) is 9.59 Å². The predicted molar refractivity (Wildman–Crippen MR) is 71.9 cm³/mol. The highest BCUT2D eigenvalue weighted by Gasteiger charge is 2.40. The molecule has 2 aromatic rings. The number of benzene rings is 2. The lowest BCUT2D eigenvalue weighted by Gasteiger charge is -2.07. The molecule has 0 saturated carbocycles. The molecule has 0 saturated heterocycles. The first-order valence-corrected chi connectivity index (χ1v) is 6.31. The van der Waals surface area contributed by atoms with Gasteiger partial charge in [-0.25, -0.2) is 0 Å². The molecule has 4 nitrogen and oxygen atoms in total. The molecule has 1 atom stereocenters. The van der Waals surface area contributed by atoms with Crippen LogP contribution in [-0.2, 0) is 9.59 Å². The topological polar surface area (TPSA) is 52.6 Å². The highest BCUT2D eigenvalue weighted by molar-refractivity contribution is 6.30. The number of halogens is 1.